The number of rotatable bonds is 6. The Hall–Kier alpha value is -0.600. The van der Waals surface area contributed by atoms with Crippen molar-refractivity contribution in [3.63, 3.8) is 0 Å². The third-order valence-corrected chi connectivity index (χ3v) is 3.31. The summed E-state index contributed by atoms with van der Waals surface area (Å²) in [5.41, 5.74) is 2.14. The van der Waals surface area contributed by atoms with Gasteiger partial charge < -0.3 is 5.32 Å². The summed E-state index contributed by atoms with van der Waals surface area (Å²) in [6.07, 6.45) is 0.938. The largest absolute Gasteiger partial charge is 0.310 e. The number of nitrogens with one attached hydrogen (secondary N) is 1. The molecule has 17 heavy (non-hydrogen) atoms. The Balaban J connectivity index is 2.61. The minimum atomic E-state index is -0.175. The highest BCUT2D eigenvalue weighted by Crippen LogP contribution is 2.12. The molecule has 1 unspecified atom stereocenters. The number of aryl methyl sites for hydroxylation is 1. The summed E-state index contributed by atoms with van der Waals surface area (Å²) in [6.45, 7) is 7.04. The molecule has 0 fully saturated rings. The SMILES string of the molecule is Cc1ccc(F)cc1CNC(CCCl)C(C)C. The molecule has 1 rings (SSSR count). The van der Waals surface area contributed by atoms with Gasteiger partial charge in [0.1, 0.15) is 5.82 Å². The maximum atomic E-state index is 13.1. The summed E-state index contributed by atoms with van der Waals surface area (Å²) in [4.78, 5) is 0. The normalized spacial score (nSPS) is 13.1. The van der Waals surface area contributed by atoms with Crippen LogP contribution >= 0.6 is 11.6 Å². The highest BCUT2D eigenvalue weighted by Gasteiger charge is 2.12. The molecule has 0 saturated carbocycles. The quantitative estimate of drug-likeness (QED) is 0.763. The van der Waals surface area contributed by atoms with Crippen LogP contribution in [-0.2, 0) is 6.54 Å². The zero-order valence-electron chi connectivity index (χ0n) is 10.8. The van der Waals surface area contributed by atoms with Crippen molar-refractivity contribution < 1.29 is 4.39 Å². The third-order valence-electron chi connectivity index (χ3n) is 3.09. The Bertz CT molecular complexity index is 352. The first-order chi connectivity index (χ1) is 8.04. The minimum absolute atomic E-state index is 0.175. The van der Waals surface area contributed by atoms with Crippen molar-refractivity contribution in [1.29, 1.82) is 0 Å². The van der Waals surface area contributed by atoms with Crippen LogP contribution in [0.5, 0.6) is 0 Å². The predicted octanol–water partition coefficient (Wildman–Crippen LogP) is 3.88. The molecule has 1 aromatic carbocycles. The van der Waals surface area contributed by atoms with Gasteiger partial charge in [0.15, 0.2) is 0 Å². The van der Waals surface area contributed by atoms with E-state index in [0.717, 1.165) is 17.5 Å². The van der Waals surface area contributed by atoms with Gasteiger partial charge in [-0.15, -0.1) is 11.6 Å². The van der Waals surface area contributed by atoms with Crippen LogP contribution in [0.2, 0.25) is 0 Å². The van der Waals surface area contributed by atoms with E-state index in [1.807, 2.05) is 13.0 Å². The highest BCUT2D eigenvalue weighted by molar-refractivity contribution is 6.17. The van der Waals surface area contributed by atoms with E-state index < -0.39 is 0 Å². The monoisotopic (exact) mass is 257 g/mol. The van der Waals surface area contributed by atoms with Gasteiger partial charge >= 0.3 is 0 Å². The fourth-order valence-electron chi connectivity index (χ4n) is 1.86. The summed E-state index contributed by atoms with van der Waals surface area (Å²) in [7, 11) is 0. The average molecular weight is 258 g/mol. The fraction of sp³-hybridized carbons (Fsp3) is 0.571. The lowest BCUT2D eigenvalue weighted by Crippen LogP contribution is -2.34. The molecular formula is C14H21ClFN. The lowest BCUT2D eigenvalue weighted by molar-refractivity contribution is 0.388. The first kappa shape index (κ1) is 14.5. The Morgan fingerprint density at radius 2 is 2.06 bits per heavy atom. The second kappa shape index (κ2) is 6.97. The van der Waals surface area contributed by atoms with Crippen molar-refractivity contribution in [2.75, 3.05) is 5.88 Å². The van der Waals surface area contributed by atoms with Gasteiger partial charge in [-0.25, -0.2) is 4.39 Å². The Kier molecular flexibility index (Phi) is 5.93. The first-order valence-corrected chi connectivity index (χ1v) is 6.62. The van der Waals surface area contributed by atoms with Gasteiger partial charge in [-0.1, -0.05) is 19.9 Å². The lowest BCUT2D eigenvalue weighted by atomic mass is 10.0. The highest BCUT2D eigenvalue weighted by atomic mass is 35.5. The Morgan fingerprint density at radius 1 is 1.35 bits per heavy atom. The Labute approximate surface area is 108 Å². The van der Waals surface area contributed by atoms with Crippen LogP contribution in [0.15, 0.2) is 18.2 Å². The van der Waals surface area contributed by atoms with Gasteiger partial charge in [-0.2, -0.15) is 0 Å². The molecule has 0 aliphatic heterocycles. The van der Waals surface area contributed by atoms with Crippen molar-refractivity contribution in [3.8, 4) is 0 Å². The molecule has 1 N–H and O–H groups in total. The van der Waals surface area contributed by atoms with Crippen LogP contribution < -0.4 is 5.32 Å². The van der Waals surface area contributed by atoms with E-state index in [4.69, 9.17) is 11.6 Å². The molecule has 0 bridgehead atoms. The average Bonchev–Trinajstić information content (AvgIpc) is 2.28. The Morgan fingerprint density at radius 3 is 2.65 bits per heavy atom. The van der Waals surface area contributed by atoms with Crippen molar-refractivity contribution in [2.24, 2.45) is 5.92 Å². The van der Waals surface area contributed by atoms with Crippen LogP contribution in [0.1, 0.15) is 31.4 Å². The number of hydrogen-bond acceptors (Lipinski definition) is 1. The molecule has 0 saturated heterocycles. The molecule has 1 nitrogen and oxygen atoms in total. The number of hydrogen-bond donors (Lipinski definition) is 1. The van der Waals surface area contributed by atoms with E-state index in [1.54, 1.807) is 6.07 Å². The minimum Gasteiger partial charge on any atom is -0.310 e. The van der Waals surface area contributed by atoms with Crippen LogP contribution in [0.4, 0.5) is 4.39 Å². The maximum Gasteiger partial charge on any atom is 0.123 e. The summed E-state index contributed by atoms with van der Waals surface area (Å²) < 4.78 is 13.1. The zero-order valence-corrected chi connectivity index (χ0v) is 11.5. The van der Waals surface area contributed by atoms with Gasteiger partial charge in [0.25, 0.3) is 0 Å². The van der Waals surface area contributed by atoms with Gasteiger partial charge in [0.05, 0.1) is 0 Å². The molecule has 0 aliphatic carbocycles. The van der Waals surface area contributed by atoms with Crippen molar-refractivity contribution in [1.82, 2.24) is 5.32 Å². The van der Waals surface area contributed by atoms with Gasteiger partial charge in [-0.05, 0) is 42.5 Å². The standard InChI is InChI=1S/C14H21ClFN/c1-10(2)14(6-7-15)17-9-12-8-13(16)5-4-11(12)3/h4-5,8,10,14,17H,6-7,9H2,1-3H3. The summed E-state index contributed by atoms with van der Waals surface area (Å²) in [5, 5.41) is 3.45. The van der Waals surface area contributed by atoms with Crippen LogP contribution in [-0.4, -0.2) is 11.9 Å². The molecule has 0 aliphatic rings. The maximum absolute atomic E-state index is 13.1. The van der Waals surface area contributed by atoms with E-state index in [9.17, 15) is 4.39 Å². The molecular weight excluding hydrogens is 237 g/mol. The van der Waals surface area contributed by atoms with E-state index in [-0.39, 0.29) is 5.82 Å². The smallest absolute Gasteiger partial charge is 0.123 e. The van der Waals surface area contributed by atoms with E-state index in [0.29, 0.717) is 24.4 Å². The summed E-state index contributed by atoms with van der Waals surface area (Å²) in [5.74, 6) is 1.01. The first-order valence-electron chi connectivity index (χ1n) is 6.09. The second-order valence-corrected chi connectivity index (χ2v) is 5.16. The van der Waals surface area contributed by atoms with Crippen molar-refractivity contribution in [3.05, 3.63) is 35.1 Å². The molecule has 3 heteroatoms. The van der Waals surface area contributed by atoms with Crippen LogP contribution in [0.25, 0.3) is 0 Å². The van der Waals surface area contributed by atoms with Gasteiger partial charge in [-0.3, -0.25) is 0 Å². The van der Waals surface area contributed by atoms with Gasteiger partial charge in [0.2, 0.25) is 0 Å². The molecule has 0 heterocycles. The fourth-order valence-corrected chi connectivity index (χ4v) is 2.10. The molecule has 0 aromatic heterocycles. The predicted molar refractivity (Wildman–Crippen MR) is 71.9 cm³/mol. The zero-order chi connectivity index (χ0) is 12.8. The van der Waals surface area contributed by atoms with Crippen molar-refractivity contribution in [2.45, 2.75) is 39.8 Å². The van der Waals surface area contributed by atoms with Crippen molar-refractivity contribution >= 4 is 11.6 Å². The molecule has 1 atom stereocenters. The molecule has 0 spiro atoms. The van der Waals surface area contributed by atoms with Crippen LogP contribution in [0.3, 0.4) is 0 Å². The molecule has 1 aromatic rings. The molecule has 0 amide bonds. The molecule has 96 valence electrons. The van der Waals surface area contributed by atoms with E-state index >= 15 is 0 Å². The number of alkyl halides is 1. The van der Waals surface area contributed by atoms with E-state index in [2.05, 4.69) is 19.2 Å². The second-order valence-electron chi connectivity index (χ2n) is 4.78. The number of halogens is 2. The van der Waals surface area contributed by atoms with E-state index in [1.165, 1.54) is 6.07 Å². The summed E-state index contributed by atoms with van der Waals surface area (Å²) >= 11 is 5.78. The van der Waals surface area contributed by atoms with Crippen LogP contribution in [0, 0.1) is 18.7 Å². The third kappa shape index (κ3) is 4.64. The molecule has 0 radical (unpaired) electrons. The lowest BCUT2D eigenvalue weighted by Gasteiger charge is -2.22. The number of benzene rings is 1. The topological polar surface area (TPSA) is 12.0 Å². The van der Waals surface area contributed by atoms with Gasteiger partial charge in [0, 0.05) is 18.5 Å². The summed E-state index contributed by atoms with van der Waals surface area (Å²) in [6, 6.07) is 5.30.